The zero-order valence-corrected chi connectivity index (χ0v) is 9.21. The number of likely N-dealkylation sites (tertiary alicyclic amines) is 1. The van der Waals surface area contributed by atoms with Crippen molar-refractivity contribution >= 4 is 23.6 Å². The zero-order chi connectivity index (χ0) is 10.7. The third-order valence-corrected chi connectivity index (χ3v) is 3.43. The standard InChI is InChI=1S/C9H15NO3S/c1-6(14-2)8(11)10-5-3-4-7(10)9(12)13/h6-7H,3-5H2,1-2H3,(H,12,13)/t6?,7-/m0/s1. The number of rotatable bonds is 3. The van der Waals surface area contributed by atoms with E-state index in [9.17, 15) is 9.59 Å². The van der Waals surface area contributed by atoms with E-state index in [0.29, 0.717) is 13.0 Å². The summed E-state index contributed by atoms with van der Waals surface area (Å²) in [5.74, 6) is -0.938. The quantitative estimate of drug-likeness (QED) is 0.760. The SMILES string of the molecule is CSC(C)C(=O)N1CCC[C@H]1C(=O)O. The van der Waals surface area contributed by atoms with Gasteiger partial charge in [0.05, 0.1) is 5.25 Å². The molecule has 0 spiro atoms. The predicted molar refractivity (Wildman–Crippen MR) is 55.3 cm³/mol. The Bertz CT molecular complexity index is 244. The van der Waals surface area contributed by atoms with Crippen LogP contribution in [0.1, 0.15) is 19.8 Å². The molecule has 0 radical (unpaired) electrons. The number of carboxylic acid groups (broad SMARTS) is 1. The van der Waals surface area contributed by atoms with Crippen molar-refractivity contribution in [2.24, 2.45) is 0 Å². The Balaban J connectivity index is 2.67. The third kappa shape index (κ3) is 2.20. The van der Waals surface area contributed by atoms with Gasteiger partial charge in [-0.2, -0.15) is 11.8 Å². The van der Waals surface area contributed by atoms with Gasteiger partial charge in [0, 0.05) is 6.54 Å². The van der Waals surface area contributed by atoms with Crippen LogP contribution >= 0.6 is 11.8 Å². The van der Waals surface area contributed by atoms with Crippen molar-refractivity contribution < 1.29 is 14.7 Å². The van der Waals surface area contributed by atoms with Gasteiger partial charge < -0.3 is 10.0 Å². The van der Waals surface area contributed by atoms with Crippen LogP contribution in [0.5, 0.6) is 0 Å². The van der Waals surface area contributed by atoms with E-state index < -0.39 is 12.0 Å². The molecule has 1 N–H and O–H groups in total. The van der Waals surface area contributed by atoms with Crippen molar-refractivity contribution in [3.8, 4) is 0 Å². The summed E-state index contributed by atoms with van der Waals surface area (Å²) in [6.45, 7) is 2.39. The molecule has 0 bridgehead atoms. The number of hydrogen-bond acceptors (Lipinski definition) is 3. The van der Waals surface area contributed by atoms with Crippen LogP contribution in [0.3, 0.4) is 0 Å². The molecule has 0 aromatic rings. The third-order valence-electron chi connectivity index (χ3n) is 2.52. The van der Waals surface area contributed by atoms with Gasteiger partial charge in [0.15, 0.2) is 0 Å². The molecular formula is C9H15NO3S. The minimum atomic E-state index is -0.885. The molecule has 1 rings (SSSR count). The van der Waals surface area contributed by atoms with Crippen LogP contribution in [0, 0.1) is 0 Å². The molecule has 2 atom stereocenters. The molecule has 1 amide bonds. The first-order valence-corrected chi connectivity index (χ1v) is 5.92. The summed E-state index contributed by atoms with van der Waals surface area (Å²) in [5.41, 5.74) is 0. The van der Waals surface area contributed by atoms with E-state index in [1.54, 1.807) is 0 Å². The summed E-state index contributed by atoms with van der Waals surface area (Å²) in [4.78, 5) is 24.0. The Labute approximate surface area is 87.7 Å². The van der Waals surface area contributed by atoms with E-state index in [1.807, 2.05) is 13.2 Å². The molecule has 1 heterocycles. The highest BCUT2D eigenvalue weighted by atomic mass is 32.2. The fourth-order valence-corrected chi connectivity index (χ4v) is 1.96. The average molecular weight is 217 g/mol. The number of thioether (sulfide) groups is 1. The van der Waals surface area contributed by atoms with Gasteiger partial charge in [0.25, 0.3) is 0 Å². The maximum atomic E-state index is 11.7. The minimum absolute atomic E-state index is 0.0533. The fraction of sp³-hybridized carbons (Fsp3) is 0.778. The number of hydrogen-bond donors (Lipinski definition) is 1. The molecular weight excluding hydrogens is 202 g/mol. The highest BCUT2D eigenvalue weighted by molar-refractivity contribution is 7.99. The number of aliphatic carboxylic acids is 1. The van der Waals surface area contributed by atoms with Crippen molar-refractivity contribution in [1.29, 1.82) is 0 Å². The second kappa shape index (κ2) is 4.68. The van der Waals surface area contributed by atoms with Gasteiger partial charge in [-0.15, -0.1) is 0 Å². The first kappa shape index (κ1) is 11.4. The fourth-order valence-electron chi connectivity index (χ4n) is 1.62. The van der Waals surface area contributed by atoms with Crippen molar-refractivity contribution in [1.82, 2.24) is 4.90 Å². The molecule has 0 aliphatic carbocycles. The normalized spacial score (nSPS) is 23.6. The minimum Gasteiger partial charge on any atom is -0.480 e. The van der Waals surface area contributed by atoms with Crippen LogP contribution in [0.25, 0.3) is 0 Å². The molecule has 1 aliphatic rings. The van der Waals surface area contributed by atoms with Gasteiger partial charge in [-0.3, -0.25) is 4.79 Å². The van der Waals surface area contributed by atoms with E-state index in [1.165, 1.54) is 16.7 Å². The van der Waals surface area contributed by atoms with Gasteiger partial charge in [0.2, 0.25) is 5.91 Å². The Morgan fingerprint density at radius 1 is 1.57 bits per heavy atom. The lowest BCUT2D eigenvalue weighted by Gasteiger charge is -2.23. The van der Waals surface area contributed by atoms with Crippen LogP contribution < -0.4 is 0 Å². The van der Waals surface area contributed by atoms with E-state index >= 15 is 0 Å². The summed E-state index contributed by atoms with van der Waals surface area (Å²) >= 11 is 1.45. The predicted octanol–water partition coefficient (Wildman–Crippen LogP) is 0.813. The van der Waals surface area contributed by atoms with E-state index in [0.717, 1.165) is 6.42 Å². The van der Waals surface area contributed by atoms with Gasteiger partial charge in [0.1, 0.15) is 6.04 Å². The van der Waals surface area contributed by atoms with Crippen LogP contribution in [0.2, 0.25) is 0 Å². The Morgan fingerprint density at radius 3 is 2.71 bits per heavy atom. The first-order chi connectivity index (χ1) is 6.57. The number of nitrogens with zero attached hydrogens (tertiary/aromatic N) is 1. The maximum absolute atomic E-state index is 11.7. The van der Waals surface area contributed by atoms with Crippen molar-refractivity contribution in [3.63, 3.8) is 0 Å². The van der Waals surface area contributed by atoms with Crippen LogP contribution in [0.4, 0.5) is 0 Å². The zero-order valence-electron chi connectivity index (χ0n) is 8.40. The van der Waals surface area contributed by atoms with Crippen molar-refractivity contribution in [2.45, 2.75) is 31.1 Å². The summed E-state index contributed by atoms with van der Waals surface area (Å²) in [7, 11) is 0. The number of carboxylic acids is 1. The summed E-state index contributed by atoms with van der Waals surface area (Å²) < 4.78 is 0. The Morgan fingerprint density at radius 2 is 2.21 bits per heavy atom. The molecule has 0 aromatic heterocycles. The molecule has 0 saturated carbocycles. The monoisotopic (exact) mass is 217 g/mol. The lowest BCUT2D eigenvalue weighted by Crippen LogP contribution is -2.43. The van der Waals surface area contributed by atoms with Gasteiger partial charge >= 0.3 is 5.97 Å². The Hall–Kier alpha value is -0.710. The number of amides is 1. The first-order valence-electron chi connectivity index (χ1n) is 4.64. The lowest BCUT2D eigenvalue weighted by molar-refractivity contribution is -0.147. The molecule has 5 heteroatoms. The highest BCUT2D eigenvalue weighted by Crippen LogP contribution is 2.21. The molecule has 80 valence electrons. The molecule has 1 saturated heterocycles. The average Bonchev–Trinajstić information content (AvgIpc) is 2.63. The van der Waals surface area contributed by atoms with Crippen molar-refractivity contribution in [3.05, 3.63) is 0 Å². The molecule has 1 aliphatic heterocycles. The van der Waals surface area contributed by atoms with E-state index in [2.05, 4.69) is 0 Å². The van der Waals surface area contributed by atoms with Crippen LogP contribution in [-0.2, 0) is 9.59 Å². The molecule has 1 unspecified atom stereocenters. The van der Waals surface area contributed by atoms with E-state index in [-0.39, 0.29) is 11.2 Å². The Kier molecular flexibility index (Phi) is 3.80. The summed E-state index contributed by atoms with van der Waals surface area (Å²) in [5, 5.41) is 8.74. The van der Waals surface area contributed by atoms with Crippen LogP contribution in [-0.4, -0.2) is 46.0 Å². The number of carbonyl (C=O) groups is 2. The van der Waals surface area contributed by atoms with Gasteiger partial charge in [-0.1, -0.05) is 0 Å². The largest absolute Gasteiger partial charge is 0.480 e. The molecule has 1 fully saturated rings. The maximum Gasteiger partial charge on any atom is 0.326 e. The van der Waals surface area contributed by atoms with Crippen LogP contribution in [0.15, 0.2) is 0 Å². The summed E-state index contributed by atoms with van der Waals surface area (Å²) in [6, 6.07) is -0.600. The van der Waals surface area contributed by atoms with Crippen molar-refractivity contribution in [2.75, 3.05) is 12.8 Å². The molecule has 14 heavy (non-hydrogen) atoms. The highest BCUT2D eigenvalue weighted by Gasteiger charge is 2.35. The van der Waals surface area contributed by atoms with Gasteiger partial charge in [-0.25, -0.2) is 4.79 Å². The lowest BCUT2D eigenvalue weighted by atomic mass is 10.2. The van der Waals surface area contributed by atoms with Gasteiger partial charge in [-0.05, 0) is 26.0 Å². The molecule has 4 nitrogen and oxygen atoms in total. The molecule has 0 aromatic carbocycles. The topological polar surface area (TPSA) is 57.6 Å². The number of carbonyl (C=O) groups excluding carboxylic acids is 1. The second-order valence-corrected chi connectivity index (χ2v) is 4.58. The smallest absolute Gasteiger partial charge is 0.326 e. The summed E-state index contributed by atoms with van der Waals surface area (Å²) in [6.07, 6.45) is 3.24. The second-order valence-electron chi connectivity index (χ2n) is 3.41. The van der Waals surface area contributed by atoms with E-state index in [4.69, 9.17) is 5.11 Å².